The van der Waals surface area contributed by atoms with Crippen LogP contribution in [0.4, 0.5) is 5.69 Å². The number of rotatable bonds is 6. The van der Waals surface area contributed by atoms with Gasteiger partial charge in [-0.15, -0.1) is 23.5 Å². The van der Waals surface area contributed by atoms with Crippen molar-refractivity contribution in [2.45, 2.75) is 29.7 Å². The average molecular weight is 301 g/mol. The fourth-order valence-electron chi connectivity index (χ4n) is 1.32. The van der Waals surface area contributed by atoms with Crippen molar-refractivity contribution in [2.75, 3.05) is 12.0 Å². The van der Waals surface area contributed by atoms with E-state index in [0.29, 0.717) is 4.90 Å². The van der Waals surface area contributed by atoms with E-state index in [1.165, 1.54) is 17.8 Å². The van der Waals surface area contributed by atoms with Crippen molar-refractivity contribution < 1.29 is 14.5 Å². The Hall–Kier alpha value is -1.21. The van der Waals surface area contributed by atoms with Crippen molar-refractivity contribution in [3.63, 3.8) is 0 Å². The third kappa shape index (κ3) is 5.12. The molecule has 0 radical (unpaired) electrons. The number of ether oxygens (including phenoxy) is 1. The SMILES string of the molecule is CSc1ccc(SCC(=O)OC(C)C)c([N+](=O)[O-])c1. The van der Waals surface area contributed by atoms with Crippen LogP contribution in [0.1, 0.15) is 13.8 Å². The van der Waals surface area contributed by atoms with Crippen molar-refractivity contribution in [1.82, 2.24) is 0 Å². The predicted octanol–water partition coefficient (Wildman–Crippen LogP) is 3.36. The molecule has 0 unspecified atom stereocenters. The van der Waals surface area contributed by atoms with Crippen molar-refractivity contribution in [3.05, 3.63) is 28.3 Å². The van der Waals surface area contributed by atoms with E-state index in [2.05, 4.69) is 0 Å². The molecule has 19 heavy (non-hydrogen) atoms. The minimum absolute atomic E-state index is 0.0224. The van der Waals surface area contributed by atoms with Crippen molar-refractivity contribution >= 4 is 35.2 Å². The molecule has 1 aromatic carbocycles. The molecule has 0 bridgehead atoms. The first-order valence-electron chi connectivity index (χ1n) is 5.58. The van der Waals surface area contributed by atoms with Crippen LogP contribution in [0.25, 0.3) is 0 Å². The van der Waals surface area contributed by atoms with Gasteiger partial charge >= 0.3 is 5.97 Å². The van der Waals surface area contributed by atoms with Gasteiger partial charge in [-0.3, -0.25) is 14.9 Å². The van der Waals surface area contributed by atoms with E-state index in [1.54, 1.807) is 26.0 Å². The lowest BCUT2D eigenvalue weighted by Crippen LogP contribution is -2.13. The van der Waals surface area contributed by atoms with Crippen LogP contribution in [0, 0.1) is 10.1 Å². The zero-order valence-corrected chi connectivity index (χ0v) is 12.5. The number of nitro groups is 1. The van der Waals surface area contributed by atoms with E-state index in [0.717, 1.165) is 16.7 Å². The molecule has 0 atom stereocenters. The summed E-state index contributed by atoms with van der Waals surface area (Å²) >= 11 is 2.56. The first-order valence-corrected chi connectivity index (χ1v) is 7.79. The summed E-state index contributed by atoms with van der Waals surface area (Å²) in [5, 5.41) is 11.0. The van der Waals surface area contributed by atoms with Gasteiger partial charge in [0.05, 0.1) is 21.7 Å². The summed E-state index contributed by atoms with van der Waals surface area (Å²) in [5.74, 6) is -0.305. The fourth-order valence-corrected chi connectivity index (χ4v) is 2.54. The Kier molecular flexibility index (Phi) is 6.17. The van der Waals surface area contributed by atoms with Gasteiger partial charge < -0.3 is 4.74 Å². The van der Waals surface area contributed by atoms with Gasteiger partial charge in [0.15, 0.2) is 0 Å². The number of thioether (sulfide) groups is 2. The van der Waals surface area contributed by atoms with E-state index in [9.17, 15) is 14.9 Å². The summed E-state index contributed by atoms with van der Waals surface area (Å²) in [4.78, 5) is 23.3. The first kappa shape index (κ1) is 15.8. The van der Waals surface area contributed by atoms with Crippen LogP contribution in [-0.2, 0) is 9.53 Å². The van der Waals surface area contributed by atoms with E-state index in [1.807, 2.05) is 6.26 Å². The smallest absolute Gasteiger partial charge is 0.316 e. The van der Waals surface area contributed by atoms with E-state index in [-0.39, 0.29) is 23.5 Å². The second-order valence-corrected chi connectivity index (χ2v) is 5.81. The molecule has 0 fully saturated rings. The van der Waals surface area contributed by atoms with Crippen LogP contribution in [0.15, 0.2) is 28.0 Å². The zero-order chi connectivity index (χ0) is 14.4. The van der Waals surface area contributed by atoms with Gasteiger partial charge in [-0.25, -0.2) is 0 Å². The number of hydrogen-bond donors (Lipinski definition) is 0. The lowest BCUT2D eigenvalue weighted by molar-refractivity contribution is -0.387. The average Bonchev–Trinajstić information content (AvgIpc) is 2.35. The number of benzene rings is 1. The normalized spacial score (nSPS) is 10.5. The molecule has 0 saturated heterocycles. The molecule has 1 rings (SSSR count). The van der Waals surface area contributed by atoms with Gasteiger partial charge in [0.2, 0.25) is 0 Å². The molecule has 0 aliphatic carbocycles. The third-order valence-corrected chi connectivity index (χ3v) is 3.84. The maximum Gasteiger partial charge on any atom is 0.316 e. The van der Waals surface area contributed by atoms with Crippen LogP contribution in [0.3, 0.4) is 0 Å². The van der Waals surface area contributed by atoms with Crippen LogP contribution in [0.5, 0.6) is 0 Å². The number of nitrogens with zero attached hydrogens (tertiary/aromatic N) is 1. The lowest BCUT2D eigenvalue weighted by Gasteiger charge is -2.08. The predicted molar refractivity (Wildman–Crippen MR) is 76.8 cm³/mol. The van der Waals surface area contributed by atoms with Crippen LogP contribution >= 0.6 is 23.5 Å². The zero-order valence-electron chi connectivity index (χ0n) is 10.9. The quantitative estimate of drug-likeness (QED) is 0.347. The van der Waals surface area contributed by atoms with Crippen molar-refractivity contribution in [3.8, 4) is 0 Å². The summed E-state index contributed by atoms with van der Waals surface area (Å²) < 4.78 is 4.98. The maximum absolute atomic E-state index is 11.4. The van der Waals surface area contributed by atoms with E-state index in [4.69, 9.17) is 4.74 Å². The summed E-state index contributed by atoms with van der Waals surface area (Å²) in [6.45, 7) is 3.52. The highest BCUT2D eigenvalue weighted by Gasteiger charge is 2.17. The second kappa shape index (κ2) is 7.40. The van der Waals surface area contributed by atoms with E-state index < -0.39 is 4.92 Å². The lowest BCUT2D eigenvalue weighted by atomic mass is 10.3. The number of nitro benzene ring substituents is 1. The summed E-state index contributed by atoms with van der Waals surface area (Å²) in [6.07, 6.45) is 1.67. The van der Waals surface area contributed by atoms with Gasteiger partial charge in [0, 0.05) is 11.0 Å². The highest BCUT2D eigenvalue weighted by molar-refractivity contribution is 8.00. The number of carbonyl (C=O) groups excluding carboxylic acids is 1. The molecular weight excluding hydrogens is 286 g/mol. The fraction of sp³-hybridized carbons (Fsp3) is 0.417. The molecule has 1 aromatic rings. The Balaban J connectivity index is 2.77. The Morgan fingerprint density at radius 1 is 1.47 bits per heavy atom. The Morgan fingerprint density at radius 3 is 2.68 bits per heavy atom. The third-order valence-electron chi connectivity index (χ3n) is 2.08. The molecule has 5 nitrogen and oxygen atoms in total. The Morgan fingerprint density at radius 2 is 2.16 bits per heavy atom. The molecule has 0 spiro atoms. The van der Waals surface area contributed by atoms with Crippen LogP contribution < -0.4 is 0 Å². The van der Waals surface area contributed by atoms with Crippen molar-refractivity contribution in [1.29, 1.82) is 0 Å². The molecule has 0 aliphatic heterocycles. The minimum Gasteiger partial charge on any atom is -0.462 e. The van der Waals surface area contributed by atoms with Gasteiger partial charge in [-0.1, -0.05) is 0 Å². The number of esters is 1. The highest BCUT2D eigenvalue weighted by atomic mass is 32.2. The molecule has 0 N–H and O–H groups in total. The van der Waals surface area contributed by atoms with Crippen LogP contribution in [0.2, 0.25) is 0 Å². The topological polar surface area (TPSA) is 69.4 Å². The summed E-state index contributed by atoms with van der Waals surface area (Å²) in [5.41, 5.74) is 0.0224. The number of carbonyl (C=O) groups is 1. The largest absolute Gasteiger partial charge is 0.462 e. The standard InChI is InChI=1S/C12H15NO4S2/c1-8(2)17-12(14)7-19-11-5-4-9(18-3)6-10(11)13(15)16/h4-6,8H,7H2,1-3H3. The van der Waals surface area contributed by atoms with Gasteiger partial charge in [-0.05, 0) is 32.2 Å². The van der Waals surface area contributed by atoms with Gasteiger partial charge in [-0.2, -0.15) is 0 Å². The first-order chi connectivity index (χ1) is 8.93. The monoisotopic (exact) mass is 301 g/mol. The van der Waals surface area contributed by atoms with E-state index >= 15 is 0 Å². The molecule has 0 amide bonds. The second-order valence-electron chi connectivity index (χ2n) is 3.92. The van der Waals surface area contributed by atoms with Crippen molar-refractivity contribution in [2.24, 2.45) is 0 Å². The molecule has 0 heterocycles. The summed E-state index contributed by atoms with van der Waals surface area (Å²) in [6, 6.07) is 4.98. The highest BCUT2D eigenvalue weighted by Crippen LogP contribution is 2.32. The molecule has 0 aromatic heterocycles. The molecular formula is C12H15NO4S2. The molecule has 0 saturated carbocycles. The Bertz CT molecular complexity index is 477. The van der Waals surface area contributed by atoms with Crippen LogP contribution in [-0.4, -0.2) is 29.0 Å². The molecule has 7 heteroatoms. The molecule has 104 valence electrons. The molecule has 0 aliphatic rings. The maximum atomic E-state index is 11.4. The van der Waals surface area contributed by atoms with Gasteiger partial charge in [0.25, 0.3) is 5.69 Å². The minimum atomic E-state index is -0.435. The number of hydrogen-bond acceptors (Lipinski definition) is 6. The summed E-state index contributed by atoms with van der Waals surface area (Å²) in [7, 11) is 0. The van der Waals surface area contributed by atoms with Gasteiger partial charge in [0.1, 0.15) is 0 Å². The Labute approximate surface area is 120 Å².